The molecular formula is C20H23Cl2N. The topological polar surface area (TPSA) is 3.24 Å². The van der Waals surface area contributed by atoms with Gasteiger partial charge in [-0.25, -0.2) is 0 Å². The van der Waals surface area contributed by atoms with Gasteiger partial charge in [-0.15, -0.1) is 0 Å². The molecule has 0 atom stereocenters. The molecule has 0 amide bonds. The predicted molar refractivity (Wildman–Crippen MR) is 103 cm³/mol. The number of hydrogen-bond acceptors (Lipinski definition) is 1. The molecule has 23 heavy (non-hydrogen) atoms. The van der Waals surface area contributed by atoms with E-state index in [2.05, 4.69) is 25.1 Å². The number of benzene rings is 2. The number of nitrogens with zero attached hydrogens (tertiary/aromatic N) is 1. The van der Waals surface area contributed by atoms with Crippen LogP contribution in [0.25, 0.3) is 0 Å². The fourth-order valence-corrected chi connectivity index (χ4v) is 2.45. The second-order valence-corrected chi connectivity index (χ2v) is 5.96. The van der Waals surface area contributed by atoms with Crippen molar-refractivity contribution in [3.05, 3.63) is 95.0 Å². The lowest BCUT2D eigenvalue weighted by Crippen LogP contribution is -2.26. The molecule has 3 rings (SSSR count). The Labute approximate surface area is 149 Å². The Kier molecular flexibility index (Phi) is 9.39. The molecular weight excluding hydrogens is 325 g/mol. The van der Waals surface area contributed by atoms with Crippen LogP contribution in [-0.2, 0) is 13.0 Å². The highest BCUT2D eigenvalue weighted by atomic mass is 35.5. The van der Waals surface area contributed by atoms with Crippen molar-refractivity contribution in [1.29, 1.82) is 0 Å². The van der Waals surface area contributed by atoms with Crippen molar-refractivity contribution in [3.63, 3.8) is 0 Å². The van der Waals surface area contributed by atoms with Gasteiger partial charge in [0.05, 0.1) is 10.0 Å². The van der Waals surface area contributed by atoms with Gasteiger partial charge in [-0.1, -0.05) is 84.9 Å². The Morgan fingerprint density at radius 2 is 1.30 bits per heavy atom. The Hall–Kier alpha value is -1.54. The monoisotopic (exact) mass is 347 g/mol. The van der Waals surface area contributed by atoms with Crippen LogP contribution in [0.4, 0.5) is 0 Å². The van der Waals surface area contributed by atoms with Gasteiger partial charge in [0.25, 0.3) is 0 Å². The maximum Gasteiger partial charge on any atom is 0.0595 e. The van der Waals surface area contributed by atoms with Crippen molar-refractivity contribution in [2.75, 3.05) is 13.6 Å². The highest BCUT2D eigenvalue weighted by molar-refractivity contribution is 6.42. The van der Waals surface area contributed by atoms with E-state index in [1.54, 1.807) is 12.2 Å². The molecule has 122 valence electrons. The molecule has 1 aliphatic heterocycles. The molecule has 0 aliphatic carbocycles. The first-order chi connectivity index (χ1) is 11.1. The zero-order valence-electron chi connectivity index (χ0n) is 13.5. The SMILES string of the molecule is C=CC=C.CN1CCc2cc(Cl)c(Cl)cc2C1.c1ccccc1. The van der Waals surface area contributed by atoms with Gasteiger partial charge < -0.3 is 4.90 Å². The fraction of sp³-hybridized carbons (Fsp3) is 0.200. The second kappa shape index (κ2) is 11.1. The molecule has 1 aliphatic rings. The number of fused-ring (bicyclic) bond motifs is 1. The summed E-state index contributed by atoms with van der Waals surface area (Å²) in [5, 5.41) is 1.33. The lowest BCUT2D eigenvalue weighted by Gasteiger charge is -2.25. The van der Waals surface area contributed by atoms with E-state index >= 15 is 0 Å². The Morgan fingerprint density at radius 1 is 0.870 bits per heavy atom. The molecule has 1 heterocycles. The van der Waals surface area contributed by atoms with Crippen LogP contribution in [0.15, 0.2) is 73.8 Å². The Bertz CT molecular complexity index is 576. The van der Waals surface area contributed by atoms with Gasteiger partial charge in [0.1, 0.15) is 0 Å². The van der Waals surface area contributed by atoms with Crippen LogP contribution in [0.1, 0.15) is 11.1 Å². The van der Waals surface area contributed by atoms with Crippen LogP contribution in [-0.4, -0.2) is 18.5 Å². The van der Waals surface area contributed by atoms with E-state index in [0.717, 1.165) is 19.5 Å². The van der Waals surface area contributed by atoms with E-state index in [0.29, 0.717) is 10.0 Å². The van der Waals surface area contributed by atoms with Crippen molar-refractivity contribution in [1.82, 2.24) is 4.90 Å². The third-order valence-electron chi connectivity index (χ3n) is 3.28. The van der Waals surface area contributed by atoms with Gasteiger partial charge in [-0.05, 0) is 36.7 Å². The summed E-state index contributed by atoms with van der Waals surface area (Å²) < 4.78 is 0. The van der Waals surface area contributed by atoms with E-state index < -0.39 is 0 Å². The van der Waals surface area contributed by atoms with Gasteiger partial charge in [0.15, 0.2) is 0 Å². The van der Waals surface area contributed by atoms with Gasteiger partial charge in [-0.2, -0.15) is 0 Å². The van der Waals surface area contributed by atoms with Gasteiger partial charge >= 0.3 is 0 Å². The van der Waals surface area contributed by atoms with E-state index in [1.165, 1.54) is 11.1 Å². The predicted octanol–water partition coefficient (Wildman–Crippen LogP) is 6.03. The van der Waals surface area contributed by atoms with Crippen molar-refractivity contribution < 1.29 is 0 Å². The first-order valence-electron chi connectivity index (χ1n) is 7.47. The van der Waals surface area contributed by atoms with Gasteiger partial charge in [0.2, 0.25) is 0 Å². The maximum atomic E-state index is 5.94. The smallest absolute Gasteiger partial charge is 0.0595 e. The minimum atomic E-state index is 0.663. The van der Waals surface area contributed by atoms with Crippen molar-refractivity contribution >= 4 is 23.2 Å². The molecule has 0 bridgehead atoms. The highest BCUT2D eigenvalue weighted by Gasteiger charge is 2.14. The third kappa shape index (κ3) is 7.51. The zero-order chi connectivity index (χ0) is 17.1. The van der Waals surface area contributed by atoms with Gasteiger partial charge in [0, 0.05) is 13.1 Å². The number of allylic oxidation sites excluding steroid dienone is 2. The standard InChI is InChI=1S/C10H11Cl2N.C6H6.C4H6/c1-13-3-2-7-4-9(11)10(12)5-8(7)6-13;1-2-4-6-5-3-1;1-3-4-2/h4-5H,2-3,6H2,1H3;1-6H;3-4H,1-2H2. The van der Waals surface area contributed by atoms with Crippen LogP contribution in [0.3, 0.4) is 0 Å². The van der Waals surface area contributed by atoms with Crippen LogP contribution in [0.5, 0.6) is 0 Å². The van der Waals surface area contributed by atoms with Crippen molar-refractivity contribution in [2.45, 2.75) is 13.0 Å². The molecule has 0 saturated carbocycles. The van der Waals surface area contributed by atoms with E-state index in [9.17, 15) is 0 Å². The third-order valence-corrected chi connectivity index (χ3v) is 4.00. The molecule has 0 unspecified atom stereocenters. The first-order valence-corrected chi connectivity index (χ1v) is 8.23. The second-order valence-electron chi connectivity index (χ2n) is 5.15. The van der Waals surface area contributed by atoms with Crippen molar-refractivity contribution in [3.8, 4) is 0 Å². The summed E-state index contributed by atoms with van der Waals surface area (Å²) in [6, 6.07) is 16.0. The maximum absolute atomic E-state index is 5.94. The molecule has 0 N–H and O–H groups in total. The van der Waals surface area contributed by atoms with Gasteiger partial charge in [-0.3, -0.25) is 0 Å². The molecule has 0 aromatic heterocycles. The molecule has 3 heteroatoms. The number of halogens is 2. The Balaban J connectivity index is 0.000000220. The quantitative estimate of drug-likeness (QED) is 0.569. The summed E-state index contributed by atoms with van der Waals surface area (Å²) >= 11 is 11.9. The lowest BCUT2D eigenvalue weighted by atomic mass is 10.0. The summed E-state index contributed by atoms with van der Waals surface area (Å²) in [5.41, 5.74) is 2.65. The number of rotatable bonds is 1. The summed E-state index contributed by atoms with van der Waals surface area (Å²) in [7, 11) is 2.12. The summed E-state index contributed by atoms with van der Waals surface area (Å²) in [6.45, 7) is 8.80. The summed E-state index contributed by atoms with van der Waals surface area (Å²) in [4.78, 5) is 2.28. The fourth-order valence-electron chi connectivity index (χ4n) is 2.08. The largest absolute Gasteiger partial charge is 0.302 e. The van der Waals surface area contributed by atoms with E-state index in [1.807, 2.05) is 48.5 Å². The minimum absolute atomic E-state index is 0.663. The molecule has 0 radical (unpaired) electrons. The molecule has 1 nitrogen and oxygen atoms in total. The Morgan fingerprint density at radius 3 is 1.74 bits per heavy atom. The van der Waals surface area contributed by atoms with Crippen LogP contribution in [0, 0.1) is 0 Å². The zero-order valence-corrected chi connectivity index (χ0v) is 15.0. The molecule has 2 aromatic carbocycles. The van der Waals surface area contributed by atoms with Crippen LogP contribution in [0.2, 0.25) is 10.0 Å². The van der Waals surface area contributed by atoms with Crippen molar-refractivity contribution in [2.24, 2.45) is 0 Å². The normalized spacial score (nSPS) is 12.7. The number of hydrogen-bond donors (Lipinski definition) is 0. The summed E-state index contributed by atoms with van der Waals surface area (Å²) in [6.07, 6.45) is 4.35. The first kappa shape index (κ1) is 19.5. The average Bonchev–Trinajstić information content (AvgIpc) is 2.59. The lowest BCUT2D eigenvalue weighted by molar-refractivity contribution is 0.313. The molecule has 0 spiro atoms. The van der Waals surface area contributed by atoms with E-state index in [-0.39, 0.29) is 0 Å². The molecule has 0 fully saturated rings. The highest BCUT2D eigenvalue weighted by Crippen LogP contribution is 2.28. The average molecular weight is 348 g/mol. The van der Waals surface area contributed by atoms with Crippen LogP contribution < -0.4 is 0 Å². The summed E-state index contributed by atoms with van der Waals surface area (Å²) in [5.74, 6) is 0. The number of likely N-dealkylation sites (N-methyl/N-ethyl adjacent to an activating group) is 1. The molecule has 0 saturated heterocycles. The molecule has 2 aromatic rings. The van der Waals surface area contributed by atoms with Crippen LogP contribution >= 0.6 is 23.2 Å². The minimum Gasteiger partial charge on any atom is -0.302 e. The van der Waals surface area contributed by atoms with E-state index in [4.69, 9.17) is 23.2 Å².